The lowest BCUT2D eigenvalue weighted by Gasteiger charge is -2.36. The van der Waals surface area contributed by atoms with Crippen molar-refractivity contribution in [3.63, 3.8) is 0 Å². The molecule has 0 atom stereocenters. The predicted molar refractivity (Wildman–Crippen MR) is 81.3 cm³/mol. The van der Waals surface area contributed by atoms with Crippen LogP contribution in [-0.4, -0.2) is 34.8 Å². The van der Waals surface area contributed by atoms with Gasteiger partial charge in [-0.05, 0) is 12.0 Å². The van der Waals surface area contributed by atoms with E-state index >= 15 is 0 Å². The fourth-order valence-electron chi connectivity index (χ4n) is 2.59. The molecule has 1 saturated heterocycles. The van der Waals surface area contributed by atoms with E-state index in [0.717, 1.165) is 36.9 Å². The first-order chi connectivity index (χ1) is 10.1. The molecule has 0 aliphatic carbocycles. The van der Waals surface area contributed by atoms with Crippen LogP contribution < -0.4 is 0 Å². The summed E-state index contributed by atoms with van der Waals surface area (Å²) in [7, 11) is 0. The van der Waals surface area contributed by atoms with E-state index in [4.69, 9.17) is 5.11 Å². The first-order valence-electron chi connectivity index (χ1n) is 7.67. The SMILES string of the molecule is CCCCCC(=O)c1ccc(CN2CC(C(=O)O)C2)cc1. The van der Waals surface area contributed by atoms with E-state index in [1.54, 1.807) is 0 Å². The Kier molecular flexibility index (Phi) is 5.51. The molecule has 1 aromatic rings. The van der Waals surface area contributed by atoms with Gasteiger partial charge in [0.25, 0.3) is 0 Å². The van der Waals surface area contributed by atoms with E-state index in [0.29, 0.717) is 19.5 Å². The molecule has 1 heterocycles. The molecule has 0 spiro atoms. The zero-order valence-electron chi connectivity index (χ0n) is 12.5. The Balaban J connectivity index is 1.79. The van der Waals surface area contributed by atoms with Gasteiger partial charge in [0.1, 0.15) is 0 Å². The maximum absolute atomic E-state index is 12.0. The summed E-state index contributed by atoms with van der Waals surface area (Å²) in [5.41, 5.74) is 1.91. The van der Waals surface area contributed by atoms with Gasteiger partial charge in [0.2, 0.25) is 0 Å². The highest BCUT2D eigenvalue weighted by atomic mass is 16.4. The highest BCUT2D eigenvalue weighted by molar-refractivity contribution is 5.96. The molecule has 2 rings (SSSR count). The normalized spacial score (nSPS) is 15.7. The van der Waals surface area contributed by atoms with Crippen LogP contribution in [0.2, 0.25) is 0 Å². The van der Waals surface area contributed by atoms with Crippen LogP contribution in [0.3, 0.4) is 0 Å². The van der Waals surface area contributed by atoms with Gasteiger partial charge in [-0.25, -0.2) is 0 Å². The summed E-state index contributed by atoms with van der Waals surface area (Å²) in [6.45, 7) is 4.12. The molecule has 0 amide bonds. The van der Waals surface area contributed by atoms with Crippen LogP contribution in [0.25, 0.3) is 0 Å². The van der Waals surface area contributed by atoms with Gasteiger partial charge >= 0.3 is 5.97 Å². The first kappa shape index (κ1) is 15.7. The van der Waals surface area contributed by atoms with Gasteiger partial charge in [-0.15, -0.1) is 0 Å². The molecular weight excluding hydrogens is 266 g/mol. The number of ketones is 1. The third-order valence-electron chi connectivity index (χ3n) is 4.00. The number of likely N-dealkylation sites (tertiary alicyclic amines) is 1. The minimum Gasteiger partial charge on any atom is -0.481 e. The molecular formula is C17H23NO3. The number of carboxylic acids is 1. The van der Waals surface area contributed by atoms with Crippen LogP contribution in [-0.2, 0) is 11.3 Å². The fraction of sp³-hybridized carbons (Fsp3) is 0.529. The smallest absolute Gasteiger partial charge is 0.309 e. The summed E-state index contributed by atoms with van der Waals surface area (Å²) in [6.07, 6.45) is 3.81. The van der Waals surface area contributed by atoms with Crippen LogP contribution in [0.15, 0.2) is 24.3 Å². The van der Waals surface area contributed by atoms with Gasteiger partial charge in [-0.2, -0.15) is 0 Å². The van der Waals surface area contributed by atoms with Gasteiger partial charge in [0.05, 0.1) is 5.92 Å². The summed E-state index contributed by atoms with van der Waals surface area (Å²) in [5, 5.41) is 8.84. The molecule has 1 aliphatic heterocycles. The highest BCUT2D eigenvalue weighted by Crippen LogP contribution is 2.19. The fourth-order valence-corrected chi connectivity index (χ4v) is 2.59. The number of hydrogen-bond donors (Lipinski definition) is 1. The molecule has 0 bridgehead atoms. The van der Waals surface area contributed by atoms with Gasteiger partial charge in [0.15, 0.2) is 5.78 Å². The van der Waals surface area contributed by atoms with Crippen molar-refractivity contribution in [2.24, 2.45) is 5.92 Å². The number of rotatable bonds is 8. The quantitative estimate of drug-likeness (QED) is 0.590. The number of carboxylic acid groups (broad SMARTS) is 1. The molecule has 114 valence electrons. The number of nitrogens with zero attached hydrogens (tertiary/aromatic N) is 1. The van der Waals surface area contributed by atoms with Crippen LogP contribution in [0.5, 0.6) is 0 Å². The second-order valence-corrected chi connectivity index (χ2v) is 5.81. The molecule has 21 heavy (non-hydrogen) atoms. The van der Waals surface area contributed by atoms with E-state index < -0.39 is 5.97 Å². The number of benzene rings is 1. The van der Waals surface area contributed by atoms with Crippen molar-refractivity contribution in [1.29, 1.82) is 0 Å². The number of Topliss-reactive ketones (excluding diaryl/α,β-unsaturated/α-hetero) is 1. The topological polar surface area (TPSA) is 57.6 Å². The number of carbonyl (C=O) groups excluding carboxylic acids is 1. The summed E-state index contributed by atoms with van der Waals surface area (Å²) in [4.78, 5) is 24.8. The maximum atomic E-state index is 12.0. The highest BCUT2D eigenvalue weighted by Gasteiger charge is 2.32. The molecule has 4 nitrogen and oxygen atoms in total. The van der Waals surface area contributed by atoms with Crippen molar-refractivity contribution in [2.75, 3.05) is 13.1 Å². The molecule has 0 unspecified atom stereocenters. The van der Waals surface area contributed by atoms with E-state index in [2.05, 4.69) is 11.8 Å². The molecule has 0 saturated carbocycles. The molecule has 0 radical (unpaired) electrons. The molecule has 1 aromatic carbocycles. The summed E-state index contributed by atoms with van der Waals surface area (Å²) in [5.74, 6) is -0.714. The van der Waals surface area contributed by atoms with Gasteiger partial charge in [-0.1, -0.05) is 44.0 Å². The average Bonchev–Trinajstić information content (AvgIpc) is 2.42. The second kappa shape index (κ2) is 7.36. The minimum atomic E-state index is -0.709. The Bertz CT molecular complexity index is 489. The Hall–Kier alpha value is -1.68. The number of unbranched alkanes of at least 4 members (excludes halogenated alkanes) is 2. The minimum absolute atomic E-state index is 0.213. The number of hydrogen-bond acceptors (Lipinski definition) is 3. The van der Waals surface area contributed by atoms with Gasteiger partial charge in [-0.3, -0.25) is 14.5 Å². The first-order valence-corrected chi connectivity index (χ1v) is 7.67. The Morgan fingerprint density at radius 3 is 2.43 bits per heavy atom. The largest absolute Gasteiger partial charge is 0.481 e. The van der Waals surface area contributed by atoms with Crippen molar-refractivity contribution >= 4 is 11.8 Å². The van der Waals surface area contributed by atoms with E-state index in [1.807, 2.05) is 24.3 Å². The predicted octanol–water partition coefficient (Wildman–Crippen LogP) is 2.97. The van der Waals surface area contributed by atoms with E-state index in [-0.39, 0.29) is 11.7 Å². The Morgan fingerprint density at radius 1 is 1.19 bits per heavy atom. The molecule has 0 aromatic heterocycles. The van der Waals surface area contributed by atoms with Crippen LogP contribution in [0.1, 0.15) is 48.5 Å². The van der Waals surface area contributed by atoms with E-state index in [1.165, 1.54) is 0 Å². The summed E-state index contributed by atoms with van der Waals surface area (Å²) in [6, 6.07) is 7.72. The zero-order valence-corrected chi connectivity index (χ0v) is 12.5. The van der Waals surface area contributed by atoms with Gasteiger partial charge < -0.3 is 5.11 Å². The monoisotopic (exact) mass is 289 g/mol. The summed E-state index contributed by atoms with van der Waals surface area (Å²) < 4.78 is 0. The molecule has 4 heteroatoms. The Morgan fingerprint density at radius 2 is 1.86 bits per heavy atom. The van der Waals surface area contributed by atoms with Crippen molar-refractivity contribution in [1.82, 2.24) is 4.90 Å². The van der Waals surface area contributed by atoms with Crippen molar-refractivity contribution < 1.29 is 14.7 Å². The third-order valence-corrected chi connectivity index (χ3v) is 4.00. The van der Waals surface area contributed by atoms with Crippen molar-refractivity contribution in [3.05, 3.63) is 35.4 Å². The molecule has 1 N–H and O–H groups in total. The van der Waals surface area contributed by atoms with Crippen LogP contribution >= 0.6 is 0 Å². The zero-order chi connectivity index (χ0) is 15.2. The van der Waals surface area contributed by atoms with Crippen molar-refractivity contribution in [3.8, 4) is 0 Å². The second-order valence-electron chi connectivity index (χ2n) is 5.81. The lowest BCUT2D eigenvalue weighted by Crippen LogP contribution is -2.49. The van der Waals surface area contributed by atoms with Crippen LogP contribution in [0, 0.1) is 5.92 Å². The summed E-state index contributed by atoms with van der Waals surface area (Å²) >= 11 is 0. The van der Waals surface area contributed by atoms with Gasteiger partial charge in [0, 0.05) is 31.6 Å². The lowest BCUT2D eigenvalue weighted by molar-refractivity contribution is -0.147. The molecule has 1 aliphatic rings. The number of carbonyl (C=O) groups is 2. The lowest BCUT2D eigenvalue weighted by atomic mass is 9.99. The van der Waals surface area contributed by atoms with E-state index in [9.17, 15) is 9.59 Å². The maximum Gasteiger partial charge on any atom is 0.309 e. The molecule has 1 fully saturated rings. The number of aliphatic carboxylic acids is 1. The third kappa shape index (κ3) is 4.39. The van der Waals surface area contributed by atoms with Crippen LogP contribution in [0.4, 0.5) is 0 Å². The Labute approximate surface area is 125 Å². The van der Waals surface area contributed by atoms with Crippen molar-refractivity contribution in [2.45, 2.75) is 39.2 Å². The standard InChI is InChI=1S/C17H23NO3/c1-2-3-4-5-16(19)14-8-6-13(7-9-14)10-18-11-15(12-18)17(20)21/h6-9,15H,2-5,10-12H2,1H3,(H,20,21). The average molecular weight is 289 g/mol.